The van der Waals surface area contributed by atoms with E-state index in [0.29, 0.717) is 6.54 Å². The Kier molecular flexibility index (Phi) is 5.33. The van der Waals surface area contributed by atoms with Crippen LogP contribution in [0.25, 0.3) is 10.9 Å². The van der Waals surface area contributed by atoms with E-state index in [9.17, 15) is 18.5 Å². The van der Waals surface area contributed by atoms with Crippen LogP contribution in [0.2, 0.25) is 0 Å². The lowest BCUT2D eigenvalue weighted by atomic mass is 10.2. The van der Waals surface area contributed by atoms with E-state index in [1.54, 1.807) is 13.1 Å². The van der Waals surface area contributed by atoms with Gasteiger partial charge in [-0.15, -0.1) is 0 Å². The number of rotatable bonds is 7. The van der Waals surface area contributed by atoms with Crippen LogP contribution in [0, 0.1) is 10.1 Å². The van der Waals surface area contributed by atoms with Gasteiger partial charge in [-0.2, -0.15) is 0 Å². The molecule has 1 atom stereocenters. The van der Waals surface area contributed by atoms with Crippen LogP contribution in [-0.4, -0.2) is 30.9 Å². The van der Waals surface area contributed by atoms with Crippen molar-refractivity contribution < 1.29 is 13.3 Å². The second-order valence-corrected chi connectivity index (χ2v) is 7.69. The van der Waals surface area contributed by atoms with Gasteiger partial charge < -0.3 is 5.32 Å². The highest BCUT2D eigenvalue weighted by Gasteiger charge is 2.26. The molecule has 3 aromatic rings. The molecule has 9 heteroatoms. The monoisotopic (exact) mass is 386 g/mol. The smallest absolute Gasteiger partial charge is 0.289 e. The molecule has 0 radical (unpaired) electrons. The first-order valence-electron chi connectivity index (χ1n) is 8.22. The molecule has 0 bridgehead atoms. The maximum absolute atomic E-state index is 12.5. The van der Waals surface area contributed by atoms with E-state index in [1.165, 1.54) is 24.3 Å². The zero-order valence-corrected chi connectivity index (χ0v) is 15.3. The van der Waals surface area contributed by atoms with Crippen molar-refractivity contribution in [1.82, 2.24) is 9.71 Å². The Bertz CT molecular complexity index is 1080. The van der Waals surface area contributed by atoms with Gasteiger partial charge in [0, 0.05) is 35.9 Å². The average molecular weight is 386 g/mol. The van der Waals surface area contributed by atoms with Crippen LogP contribution in [-0.2, 0) is 10.0 Å². The van der Waals surface area contributed by atoms with Crippen LogP contribution in [0.3, 0.4) is 0 Å². The Labute approximate surface area is 156 Å². The number of pyridine rings is 1. The number of sulfonamides is 1. The Hall–Kier alpha value is -3.04. The van der Waals surface area contributed by atoms with Crippen molar-refractivity contribution in [3.63, 3.8) is 0 Å². The molecule has 0 fully saturated rings. The highest BCUT2D eigenvalue weighted by atomic mass is 32.2. The maximum Gasteiger partial charge on any atom is 0.289 e. The molecule has 2 N–H and O–H groups in total. The van der Waals surface area contributed by atoms with Crippen molar-refractivity contribution in [2.45, 2.75) is 17.9 Å². The van der Waals surface area contributed by atoms with Crippen molar-refractivity contribution in [2.75, 3.05) is 11.9 Å². The van der Waals surface area contributed by atoms with E-state index >= 15 is 0 Å². The number of hydrogen-bond acceptors (Lipinski definition) is 6. The number of nitrogens with zero attached hydrogens (tertiary/aromatic N) is 2. The largest absolute Gasteiger partial charge is 0.383 e. The topological polar surface area (TPSA) is 114 Å². The van der Waals surface area contributed by atoms with Gasteiger partial charge in [0.1, 0.15) is 0 Å². The minimum absolute atomic E-state index is 0.299. The molecule has 2 aromatic carbocycles. The van der Waals surface area contributed by atoms with E-state index in [4.69, 9.17) is 0 Å². The average Bonchev–Trinajstić information content (AvgIpc) is 2.66. The minimum Gasteiger partial charge on any atom is -0.383 e. The van der Waals surface area contributed by atoms with Gasteiger partial charge in [0.05, 0.1) is 10.4 Å². The number of benzene rings is 2. The normalized spacial score (nSPS) is 12.6. The van der Waals surface area contributed by atoms with Gasteiger partial charge in [-0.25, -0.2) is 13.1 Å². The summed E-state index contributed by atoms with van der Waals surface area (Å²) in [6, 6.07) is 14.2. The summed E-state index contributed by atoms with van der Waals surface area (Å²) in [7, 11) is -4.03. The summed E-state index contributed by atoms with van der Waals surface area (Å²) in [5.74, 6) is 0. The molecule has 8 nitrogen and oxygen atoms in total. The Morgan fingerprint density at radius 2 is 1.81 bits per heavy atom. The lowest BCUT2D eigenvalue weighted by Crippen LogP contribution is -2.37. The quantitative estimate of drug-likeness (QED) is 0.477. The first-order chi connectivity index (χ1) is 12.9. The van der Waals surface area contributed by atoms with Gasteiger partial charge in [-0.3, -0.25) is 15.1 Å². The molecule has 3 rings (SSSR count). The van der Waals surface area contributed by atoms with Gasteiger partial charge in [-0.05, 0) is 25.1 Å². The van der Waals surface area contributed by atoms with E-state index in [2.05, 4.69) is 15.0 Å². The lowest BCUT2D eigenvalue weighted by molar-refractivity contribution is -0.387. The molecule has 0 saturated carbocycles. The van der Waals surface area contributed by atoms with Gasteiger partial charge in [0.2, 0.25) is 10.0 Å². The lowest BCUT2D eigenvalue weighted by Gasteiger charge is -2.16. The third-order valence-electron chi connectivity index (χ3n) is 3.96. The summed E-state index contributed by atoms with van der Waals surface area (Å²) < 4.78 is 27.6. The van der Waals surface area contributed by atoms with Gasteiger partial charge in [0.25, 0.3) is 5.69 Å². The SMILES string of the molecule is CC(CNc1ccnc2ccccc12)NS(=O)(=O)c1ccccc1[N+](=O)[O-]. The Morgan fingerprint density at radius 3 is 2.59 bits per heavy atom. The van der Waals surface area contributed by atoms with Crippen LogP contribution in [0.15, 0.2) is 65.7 Å². The number of nitro groups is 1. The second kappa shape index (κ2) is 7.68. The third kappa shape index (κ3) is 4.21. The maximum atomic E-state index is 12.5. The highest BCUT2D eigenvalue weighted by molar-refractivity contribution is 7.89. The predicted octanol–water partition coefficient (Wildman–Crippen LogP) is 2.92. The Balaban J connectivity index is 1.74. The predicted molar refractivity (Wildman–Crippen MR) is 103 cm³/mol. The number of anilines is 1. The van der Waals surface area contributed by atoms with Gasteiger partial charge in [-0.1, -0.05) is 30.3 Å². The first kappa shape index (κ1) is 18.7. The van der Waals surface area contributed by atoms with E-state index in [1.807, 2.05) is 30.3 Å². The summed E-state index contributed by atoms with van der Waals surface area (Å²) in [5.41, 5.74) is 1.21. The fourth-order valence-corrected chi connectivity index (χ4v) is 4.13. The van der Waals surface area contributed by atoms with E-state index < -0.39 is 26.7 Å². The summed E-state index contributed by atoms with van der Waals surface area (Å²) >= 11 is 0. The van der Waals surface area contributed by atoms with Crippen LogP contribution in [0.5, 0.6) is 0 Å². The fourth-order valence-electron chi connectivity index (χ4n) is 2.72. The minimum atomic E-state index is -4.03. The third-order valence-corrected chi connectivity index (χ3v) is 5.59. The number of nitrogens with one attached hydrogen (secondary N) is 2. The van der Waals surface area contributed by atoms with E-state index in [0.717, 1.165) is 16.6 Å². The summed E-state index contributed by atoms with van der Waals surface area (Å²) in [4.78, 5) is 14.3. The van der Waals surface area contributed by atoms with Crippen molar-refractivity contribution in [3.8, 4) is 0 Å². The molecule has 0 saturated heterocycles. The molecular formula is C18H18N4O4S. The molecule has 0 aliphatic rings. The van der Waals surface area contributed by atoms with Crippen LogP contribution >= 0.6 is 0 Å². The fraction of sp³-hybridized carbons (Fsp3) is 0.167. The molecule has 27 heavy (non-hydrogen) atoms. The van der Waals surface area contributed by atoms with Crippen molar-refractivity contribution in [2.24, 2.45) is 0 Å². The zero-order chi connectivity index (χ0) is 19.4. The number of hydrogen-bond donors (Lipinski definition) is 2. The zero-order valence-electron chi connectivity index (χ0n) is 14.5. The van der Waals surface area contributed by atoms with Crippen LogP contribution in [0.1, 0.15) is 6.92 Å². The number of nitro benzene ring substituents is 1. The van der Waals surface area contributed by atoms with Crippen LogP contribution < -0.4 is 10.0 Å². The molecule has 0 aliphatic heterocycles. The summed E-state index contributed by atoms with van der Waals surface area (Å²) in [6.45, 7) is 1.98. The van der Waals surface area contributed by atoms with Gasteiger partial charge >= 0.3 is 0 Å². The molecule has 140 valence electrons. The van der Waals surface area contributed by atoms with Crippen LogP contribution in [0.4, 0.5) is 11.4 Å². The molecule has 1 unspecified atom stereocenters. The highest BCUT2D eigenvalue weighted by Crippen LogP contribution is 2.23. The molecule has 1 heterocycles. The molecule has 0 aliphatic carbocycles. The molecule has 1 aromatic heterocycles. The van der Waals surface area contributed by atoms with Gasteiger partial charge in [0.15, 0.2) is 4.90 Å². The Morgan fingerprint density at radius 1 is 1.11 bits per heavy atom. The number of fused-ring (bicyclic) bond motifs is 1. The van der Waals surface area contributed by atoms with Crippen molar-refractivity contribution in [1.29, 1.82) is 0 Å². The first-order valence-corrected chi connectivity index (χ1v) is 9.70. The molecule has 0 spiro atoms. The van der Waals surface area contributed by atoms with E-state index in [-0.39, 0.29) is 4.90 Å². The summed E-state index contributed by atoms with van der Waals surface area (Å²) in [6.07, 6.45) is 1.67. The standard InChI is InChI=1S/C18H18N4O4S/c1-13(12-20-16-10-11-19-15-7-3-2-6-14(15)16)21-27(25,26)18-9-5-4-8-17(18)22(23)24/h2-11,13,21H,12H2,1H3,(H,19,20). The molecule has 0 amide bonds. The van der Waals surface area contributed by atoms with Crippen molar-refractivity contribution in [3.05, 3.63) is 70.9 Å². The summed E-state index contributed by atoms with van der Waals surface area (Å²) in [5, 5.41) is 15.2. The second-order valence-electron chi connectivity index (χ2n) is 6.00. The number of aromatic nitrogens is 1. The number of para-hydroxylation sites is 2. The van der Waals surface area contributed by atoms with Crippen molar-refractivity contribution >= 4 is 32.3 Å². The molecular weight excluding hydrogens is 368 g/mol.